The van der Waals surface area contributed by atoms with Crippen molar-refractivity contribution in [2.45, 2.75) is 35.3 Å². The Morgan fingerprint density at radius 1 is 0.860 bits per heavy atom. The number of amidine groups is 1. The number of allylic oxidation sites excluding steroid dienone is 2. The van der Waals surface area contributed by atoms with Crippen LogP contribution in [0.15, 0.2) is 137 Å². The van der Waals surface area contributed by atoms with Crippen LogP contribution in [0.1, 0.15) is 36.5 Å². The quantitative estimate of drug-likeness (QED) is 0.127. The number of fused-ring (bicyclic) bond motifs is 6. The van der Waals surface area contributed by atoms with Gasteiger partial charge in [-0.3, -0.25) is 5.41 Å². The molecule has 1 aliphatic carbocycles. The largest absolute Gasteiger partial charge is 0.309 e. The minimum absolute atomic E-state index is 0.109. The zero-order chi connectivity index (χ0) is 29.0. The lowest BCUT2D eigenvalue weighted by molar-refractivity contribution is 0.520. The van der Waals surface area contributed by atoms with Gasteiger partial charge in [0.25, 0.3) is 0 Å². The first-order valence-corrected chi connectivity index (χ1v) is 15.8. The monoisotopic (exact) mass is 573 g/mol. The Morgan fingerprint density at radius 3 is 2.58 bits per heavy atom. The van der Waals surface area contributed by atoms with Crippen molar-refractivity contribution < 1.29 is 0 Å². The summed E-state index contributed by atoms with van der Waals surface area (Å²) in [6, 6.07) is 40.5. The van der Waals surface area contributed by atoms with Crippen molar-refractivity contribution in [3.05, 3.63) is 144 Å². The van der Waals surface area contributed by atoms with Crippen LogP contribution >= 0.6 is 11.8 Å². The molecular formula is C39H31N3S. The molecule has 8 rings (SSSR count). The summed E-state index contributed by atoms with van der Waals surface area (Å²) in [5, 5.41) is 11.7. The topological polar surface area (TPSA) is 41.1 Å². The Morgan fingerprint density at radius 2 is 1.67 bits per heavy atom. The zero-order valence-corrected chi connectivity index (χ0v) is 24.8. The standard InChI is InChI=1S/C39H31N3S/c1-39-22-8-7-19-36(39)43-37-30(16-10-17-33(37)39)27-20-21-35-32(24-27)31-15-5-6-18-34(31)42(35)29-14-9-13-28(23-29)38(40)41-25-26-11-3-2-4-12-26/h2-6,8-18,20-25,36,40H,7,19H2,1H3. The second-order valence-corrected chi connectivity index (χ2v) is 12.9. The first-order valence-electron chi connectivity index (χ1n) is 14.9. The highest BCUT2D eigenvalue weighted by molar-refractivity contribution is 8.00. The summed E-state index contributed by atoms with van der Waals surface area (Å²) in [5.74, 6) is 0.244. The highest BCUT2D eigenvalue weighted by Gasteiger charge is 2.43. The van der Waals surface area contributed by atoms with Gasteiger partial charge in [0.2, 0.25) is 0 Å². The Balaban J connectivity index is 1.23. The lowest BCUT2D eigenvalue weighted by Gasteiger charge is -2.31. The molecule has 1 aromatic heterocycles. The van der Waals surface area contributed by atoms with E-state index >= 15 is 0 Å². The van der Waals surface area contributed by atoms with E-state index < -0.39 is 0 Å². The number of rotatable bonds is 4. The van der Waals surface area contributed by atoms with Crippen molar-refractivity contribution in [2.75, 3.05) is 0 Å². The minimum Gasteiger partial charge on any atom is -0.309 e. The van der Waals surface area contributed by atoms with Gasteiger partial charge in [-0.15, -0.1) is 11.8 Å². The third kappa shape index (κ3) is 4.28. The number of nitrogens with zero attached hydrogens (tertiary/aromatic N) is 2. The van der Waals surface area contributed by atoms with Crippen molar-refractivity contribution in [1.29, 1.82) is 5.41 Å². The lowest BCUT2D eigenvalue weighted by Crippen LogP contribution is -2.30. The van der Waals surface area contributed by atoms with Gasteiger partial charge in [-0.25, -0.2) is 4.99 Å². The zero-order valence-electron chi connectivity index (χ0n) is 24.0. The van der Waals surface area contributed by atoms with Crippen molar-refractivity contribution in [1.82, 2.24) is 4.57 Å². The number of para-hydroxylation sites is 1. The van der Waals surface area contributed by atoms with E-state index in [-0.39, 0.29) is 11.3 Å². The van der Waals surface area contributed by atoms with Gasteiger partial charge in [-0.2, -0.15) is 0 Å². The maximum atomic E-state index is 8.67. The van der Waals surface area contributed by atoms with E-state index in [2.05, 4.69) is 113 Å². The van der Waals surface area contributed by atoms with Crippen LogP contribution < -0.4 is 0 Å². The maximum absolute atomic E-state index is 8.67. The predicted octanol–water partition coefficient (Wildman–Crippen LogP) is 9.98. The van der Waals surface area contributed by atoms with Crippen molar-refractivity contribution in [3.8, 4) is 16.8 Å². The van der Waals surface area contributed by atoms with E-state index in [4.69, 9.17) is 5.41 Å². The third-order valence-electron chi connectivity index (χ3n) is 9.09. The summed E-state index contributed by atoms with van der Waals surface area (Å²) < 4.78 is 2.32. The molecule has 0 spiro atoms. The first kappa shape index (κ1) is 26.0. The summed E-state index contributed by atoms with van der Waals surface area (Å²) in [7, 11) is 0. The second kappa shape index (κ2) is 10.3. The van der Waals surface area contributed by atoms with Gasteiger partial charge in [0.05, 0.1) is 11.0 Å². The van der Waals surface area contributed by atoms with Gasteiger partial charge in [-0.05, 0) is 65.4 Å². The molecule has 0 saturated carbocycles. The summed E-state index contributed by atoms with van der Waals surface area (Å²) in [5.41, 5.74) is 9.27. The summed E-state index contributed by atoms with van der Waals surface area (Å²) >= 11 is 2.07. The number of hydrogen-bond donors (Lipinski definition) is 1. The molecule has 2 unspecified atom stereocenters. The number of aliphatic imine (C=N–C) groups is 1. The molecule has 5 aromatic carbocycles. The van der Waals surface area contributed by atoms with Gasteiger partial charge in [-0.1, -0.05) is 104 Å². The SMILES string of the molecule is CC12C=CCCC1Sc1c(-c3ccc4c(c3)c3ccccc3n4-c3cccc(C(=N)N=Cc4ccccc4)c3)cccc12. The van der Waals surface area contributed by atoms with Crippen LogP contribution in [0.4, 0.5) is 0 Å². The lowest BCUT2D eigenvalue weighted by atomic mass is 9.74. The molecule has 0 radical (unpaired) electrons. The van der Waals surface area contributed by atoms with Gasteiger partial charge >= 0.3 is 0 Å². The molecule has 0 saturated heterocycles. The number of hydrogen-bond acceptors (Lipinski definition) is 2. The van der Waals surface area contributed by atoms with Crippen LogP contribution in [-0.4, -0.2) is 21.9 Å². The molecule has 43 heavy (non-hydrogen) atoms. The molecule has 2 atom stereocenters. The second-order valence-electron chi connectivity index (χ2n) is 11.7. The molecule has 1 aliphatic heterocycles. The van der Waals surface area contributed by atoms with Gasteiger partial charge in [0, 0.05) is 43.8 Å². The molecule has 2 aliphatic rings. The van der Waals surface area contributed by atoms with Crippen molar-refractivity contribution >= 4 is 45.6 Å². The fourth-order valence-electron chi connectivity index (χ4n) is 6.85. The Hall–Kier alpha value is -4.67. The molecule has 0 bridgehead atoms. The summed E-state index contributed by atoms with van der Waals surface area (Å²) in [6.45, 7) is 2.41. The molecular weight excluding hydrogens is 543 g/mol. The minimum atomic E-state index is 0.109. The van der Waals surface area contributed by atoms with Crippen molar-refractivity contribution in [3.63, 3.8) is 0 Å². The van der Waals surface area contributed by atoms with E-state index in [9.17, 15) is 0 Å². The van der Waals surface area contributed by atoms with E-state index in [1.54, 1.807) is 6.21 Å². The van der Waals surface area contributed by atoms with Crippen LogP contribution in [-0.2, 0) is 5.41 Å². The fourth-order valence-corrected chi connectivity index (χ4v) is 8.57. The van der Waals surface area contributed by atoms with Crippen LogP contribution in [0.2, 0.25) is 0 Å². The number of aromatic nitrogens is 1. The van der Waals surface area contributed by atoms with E-state index in [0.717, 1.165) is 27.8 Å². The predicted molar refractivity (Wildman–Crippen MR) is 182 cm³/mol. The van der Waals surface area contributed by atoms with Crippen LogP contribution in [0.25, 0.3) is 38.6 Å². The molecule has 0 fully saturated rings. The fraction of sp³-hybridized carbons (Fsp3) is 0.128. The van der Waals surface area contributed by atoms with E-state index in [1.165, 1.54) is 45.2 Å². The number of benzene rings is 5. The maximum Gasteiger partial charge on any atom is 0.151 e. The Labute approximate surface area is 256 Å². The number of nitrogens with one attached hydrogen (secondary N) is 1. The summed E-state index contributed by atoms with van der Waals surface area (Å²) in [4.78, 5) is 5.90. The van der Waals surface area contributed by atoms with E-state index in [1.807, 2.05) is 42.5 Å². The smallest absolute Gasteiger partial charge is 0.151 e. The first-order chi connectivity index (χ1) is 21.1. The average molecular weight is 574 g/mol. The van der Waals surface area contributed by atoms with Gasteiger partial charge in [0.1, 0.15) is 0 Å². The van der Waals surface area contributed by atoms with E-state index in [0.29, 0.717) is 5.25 Å². The molecule has 4 heteroatoms. The van der Waals surface area contributed by atoms with Crippen LogP contribution in [0.3, 0.4) is 0 Å². The highest BCUT2D eigenvalue weighted by Crippen LogP contribution is 2.56. The van der Waals surface area contributed by atoms with Gasteiger partial charge in [0.15, 0.2) is 5.84 Å². The third-order valence-corrected chi connectivity index (χ3v) is 10.8. The Kier molecular flexibility index (Phi) is 6.20. The summed E-state index contributed by atoms with van der Waals surface area (Å²) in [6.07, 6.45) is 8.96. The highest BCUT2D eigenvalue weighted by atomic mass is 32.2. The molecule has 3 nitrogen and oxygen atoms in total. The van der Waals surface area contributed by atoms with Crippen molar-refractivity contribution in [2.24, 2.45) is 4.99 Å². The molecule has 6 aromatic rings. The molecule has 1 N–H and O–H groups in total. The normalized spacial score (nSPS) is 19.2. The average Bonchev–Trinajstić information content (AvgIpc) is 3.55. The van der Waals surface area contributed by atoms with Crippen LogP contribution in [0, 0.1) is 5.41 Å². The molecule has 208 valence electrons. The molecule has 2 heterocycles. The van der Waals surface area contributed by atoms with Crippen LogP contribution in [0.5, 0.6) is 0 Å². The number of thioether (sulfide) groups is 1. The Bertz CT molecular complexity index is 2100. The molecule has 0 amide bonds. The van der Waals surface area contributed by atoms with Gasteiger partial charge < -0.3 is 4.57 Å².